The fourth-order valence-corrected chi connectivity index (χ4v) is 1.28. The van der Waals surface area contributed by atoms with Gasteiger partial charge in [-0.15, -0.1) is 0 Å². The third kappa shape index (κ3) is 16.7. The Morgan fingerprint density at radius 1 is 1.24 bits per heavy atom. The topological polar surface area (TPSA) is 185 Å². The fraction of sp³-hybridized carbons (Fsp3) is 0.833. The molecule has 0 aromatic heterocycles. The summed E-state index contributed by atoms with van der Waals surface area (Å²) in [6, 6.07) is -0.946. The van der Waals surface area contributed by atoms with E-state index in [-0.39, 0.29) is 25.6 Å². The molecule has 0 aromatic carbocycles. The highest BCUT2D eigenvalue weighted by molar-refractivity contribution is 5.77. The van der Waals surface area contributed by atoms with Gasteiger partial charge < -0.3 is 37.8 Å². The Hall–Kier alpha value is -1.26. The highest BCUT2D eigenvalue weighted by atomic mass is 16.4. The molecule has 0 aliphatic carbocycles. The molecule has 0 aromatic rings. The predicted molar refractivity (Wildman–Crippen MR) is 78.0 cm³/mol. The van der Waals surface area contributed by atoms with Crippen LogP contribution in [0.2, 0.25) is 0 Å². The van der Waals surface area contributed by atoms with Crippen molar-refractivity contribution in [2.75, 3.05) is 13.2 Å². The highest BCUT2D eigenvalue weighted by Gasteiger charge is 2.18. The molecule has 21 heavy (non-hydrogen) atoms. The second-order valence-electron chi connectivity index (χ2n) is 4.59. The second-order valence-corrected chi connectivity index (χ2v) is 4.59. The Kier molecular flexibility index (Phi) is 14.4. The maximum absolute atomic E-state index is 10.7. The summed E-state index contributed by atoms with van der Waals surface area (Å²) in [5.74, 6) is -1.70. The van der Waals surface area contributed by atoms with Crippen molar-refractivity contribution in [1.82, 2.24) is 5.32 Å². The summed E-state index contributed by atoms with van der Waals surface area (Å²) in [5, 5.41) is 28.7. The van der Waals surface area contributed by atoms with Gasteiger partial charge in [-0.3, -0.25) is 9.59 Å². The molecule has 10 N–H and O–H groups in total. The molecule has 0 bridgehead atoms. The third-order valence-electron chi connectivity index (χ3n) is 2.41. The summed E-state index contributed by atoms with van der Waals surface area (Å²) in [6.45, 7) is 1.56. The standard InChI is InChI=1S/C8H16N2O5.C4H12N2/c9-7(13)2-1-6(8(14)15)10-3-5(12)4-11;1-2-3-4(5)6/h5-6,10-12H,1-4H2,(H2,9,13)(H,14,15);4H,2-3,5-6H2,1H3/t5?,6-;/m0./s1. The molecule has 0 aliphatic heterocycles. The number of carboxylic acid groups (broad SMARTS) is 1. The average molecular weight is 308 g/mol. The number of nitrogens with one attached hydrogen (secondary N) is 1. The molecule has 0 saturated heterocycles. The SMILES string of the molecule is CCCC(N)N.NC(=O)CC[C@H](NCC(O)CO)C(=O)O. The Bertz CT molecular complexity index is 289. The lowest BCUT2D eigenvalue weighted by molar-refractivity contribution is -0.139. The number of primary amides is 1. The van der Waals surface area contributed by atoms with E-state index in [9.17, 15) is 9.59 Å². The van der Waals surface area contributed by atoms with Gasteiger partial charge in [-0.1, -0.05) is 13.3 Å². The number of amides is 1. The molecule has 9 nitrogen and oxygen atoms in total. The van der Waals surface area contributed by atoms with Crippen molar-refractivity contribution in [3.8, 4) is 0 Å². The van der Waals surface area contributed by atoms with Crippen LogP contribution >= 0.6 is 0 Å². The Morgan fingerprint density at radius 2 is 1.81 bits per heavy atom. The summed E-state index contributed by atoms with van der Waals surface area (Å²) >= 11 is 0. The van der Waals surface area contributed by atoms with Crippen molar-refractivity contribution >= 4 is 11.9 Å². The molecule has 0 rings (SSSR count). The quantitative estimate of drug-likeness (QED) is 0.219. The highest BCUT2D eigenvalue weighted by Crippen LogP contribution is 1.97. The fourth-order valence-electron chi connectivity index (χ4n) is 1.28. The van der Waals surface area contributed by atoms with Crippen LogP contribution in [0.15, 0.2) is 0 Å². The summed E-state index contributed by atoms with van der Waals surface area (Å²) in [5.41, 5.74) is 15.2. The molecule has 9 heteroatoms. The third-order valence-corrected chi connectivity index (χ3v) is 2.41. The molecular formula is C12H28N4O5. The Morgan fingerprint density at radius 3 is 2.10 bits per heavy atom. The van der Waals surface area contributed by atoms with Gasteiger partial charge in [-0.25, -0.2) is 0 Å². The molecule has 0 fully saturated rings. The lowest BCUT2D eigenvalue weighted by Gasteiger charge is -2.15. The van der Waals surface area contributed by atoms with Crippen LogP contribution in [0.25, 0.3) is 0 Å². The molecule has 1 unspecified atom stereocenters. The number of carbonyl (C=O) groups excluding carboxylic acids is 1. The van der Waals surface area contributed by atoms with Gasteiger partial charge in [0.25, 0.3) is 0 Å². The number of hydrogen-bond acceptors (Lipinski definition) is 7. The normalized spacial score (nSPS) is 13.2. The van der Waals surface area contributed by atoms with E-state index >= 15 is 0 Å². The van der Waals surface area contributed by atoms with E-state index in [0.717, 1.165) is 12.8 Å². The van der Waals surface area contributed by atoms with Crippen LogP contribution in [-0.4, -0.2) is 58.7 Å². The number of aliphatic hydroxyl groups excluding tert-OH is 2. The van der Waals surface area contributed by atoms with Gasteiger partial charge in [0.05, 0.1) is 18.9 Å². The van der Waals surface area contributed by atoms with Gasteiger partial charge in [0.1, 0.15) is 6.04 Å². The van der Waals surface area contributed by atoms with Crippen LogP contribution in [0.5, 0.6) is 0 Å². The number of carboxylic acids is 1. The van der Waals surface area contributed by atoms with E-state index in [1.54, 1.807) is 0 Å². The zero-order valence-corrected chi connectivity index (χ0v) is 12.4. The van der Waals surface area contributed by atoms with Crippen LogP contribution in [0.4, 0.5) is 0 Å². The van der Waals surface area contributed by atoms with Crippen LogP contribution in [0.3, 0.4) is 0 Å². The molecule has 0 aliphatic rings. The molecule has 126 valence electrons. The Balaban J connectivity index is 0. The summed E-state index contributed by atoms with van der Waals surface area (Å²) in [7, 11) is 0. The van der Waals surface area contributed by atoms with Crippen molar-refractivity contribution in [3.05, 3.63) is 0 Å². The first kappa shape index (κ1) is 22.0. The van der Waals surface area contributed by atoms with Gasteiger partial charge in [-0.2, -0.15) is 0 Å². The van der Waals surface area contributed by atoms with E-state index in [2.05, 4.69) is 12.2 Å². The number of hydrogen-bond donors (Lipinski definition) is 7. The first-order chi connectivity index (χ1) is 9.74. The first-order valence-corrected chi connectivity index (χ1v) is 6.79. The number of nitrogens with two attached hydrogens (primary N) is 3. The Labute approximate surface area is 124 Å². The van der Waals surface area contributed by atoms with Crippen molar-refractivity contribution in [2.45, 2.75) is 50.9 Å². The van der Waals surface area contributed by atoms with Crippen LogP contribution in [-0.2, 0) is 9.59 Å². The van der Waals surface area contributed by atoms with E-state index in [4.69, 9.17) is 32.5 Å². The first-order valence-electron chi connectivity index (χ1n) is 6.79. The van der Waals surface area contributed by atoms with Gasteiger partial charge in [-0.05, 0) is 12.8 Å². The van der Waals surface area contributed by atoms with E-state index < -0.39 is 30.6 Å². The number of aliphatic hydroxyl groups is 2. The molecule has 0 heterocycles. The number of rotatable bonds is 10. The molecule has 0 saturated carbocycles. The van der Waals surface area contributed by atoms with Crippen molar-refractivity contribution in [3.63, 3.8) is 0 Å². The zero-order chi connectivity index (χ0) is 16.8. The van der Waals surface area contributed by atoms with Gasteiger partial charge in [0, 0.05) is 13.0 Å². The minimum atomic E-state index is -1.12. The molecule has 2 atom stereocenters. The zero-order valence-electron chi connectivity index (χ0n) is 12.4. The molecule has 0 radical (unpaired) electrons. The van der Waals surface area contributed by atoms with Crippen molar-refractivity contribution in [1.29, 1.82) is 0 Å². The van der Waals surface area contributed by atoms with Crippen LogP contribution < -0.4 is 22.5 Å². The summed E-state index contributed by atoms with van der Waals surface area (Å²) in [6.07, 6.45) is 0.912. The largest absolute Gasteiger partial charge is 0.480 e. The van der Waals surface area contributed by atoms with Gasteiger partial charge >= 0.3 is 5.97 Å². The molecule has 1 amide bonds. The minimum absolute atomic E-state index is 0.0425. The molecule has 0 spiro atoms. The minimum Gasteiger partial charge on any atom is -0.480 e. The van der Waals surface area contributed by atoms with Crippen LogP contribution in [0.1, 0.15) is 32.6 Å². The van der Waals surface area contributed by atoms with Crippen molar-refractivity contribution < 1.29 is 24.9 Å². The number of aliphatic carboxylic acids is 1. The van der Waals surface area contributed by atoms with Crippen LogP contribution in [0, 0.1) is 0 Å². The smallest absolute Gasteiger partial charge is 0.320 e. The van der Waals surface area contributed by atoms with Crippen molar-refractivity contribution in [2.24, 2.45) is 17.2 Å². The number of carbonyl (C=O) groups is 2. The maximum atomic E-state index is 10.7. The lowest BCUT2D eigenvalue weighted by atomic mass is 10.1. The van der Waals surface area contributed by atoms with Gasteiger partial charge in [0.2, 0.25) is 5.91 Å². The predicted octanol–water partition coefficient (Wildman–Crippen LogP) is -2.32. The molecular weight excluding hydrogens is 280 g/mol. The second kappa shape index (κ2) is 13.7. The van der Waals surface area contributed by atoms with E-state index in [1.807, 2.05) is 0 Å². The summed E-state index contributed by atoms with van der Waals surface area (Å²) < 4.78 is 0. The lowest BCUT2D eigenvalue weighted by Crippen LogP contribution is -2.42. The van der Waals surface area contributed by atoms with E-state index in [1.165, 1.54) is 0 Å². The van der Waals surface area contributed by atoms with Gasteiger partial charge in [0.15, 0.2) is 0 Å². The monoisotopic (exact) mass is 308 g/mol. The average Bonchev–Trinajstić information content (AvgIpc) is 2.38. The van der Waals surface area contributed by atoms with E-state index in [0.29, 0.717) is 0 Å². The maximum Gasteiger partial charge on any atom is 0.320 e. The summed E-state index contributed by atoms with van der Waals surface area (Å²) in [4.78, 5) is 21.1.